The Bertz CT molecular complexity index is 898. The first-order valence-electron chi connectivity index (χ1n) is 10.8. The number of aromatic nitrogens is 2. The van der Waals surface area contributed by atoms with E-state index in [1.54, 1.807) is 6.20 Å². The highest BCUT2D eigenvalue weighted by atomic mass is 16.4. The molecule has 1 amide bonds. The minimum Gasteiger partial charge on any atom is -0.481 e. The number of carboxylic acids is 1. The van der Waals surface area contributed by atoms with Gasteiger partial charge in [0.15, 0.2) is 0 Å². The normalized spacial score (nSPS) is 23.6. The van der Waals surface area contributed by atoms with Crippen LogP contribution in [0.15, 0.2) is 42.7 Å². The van der Waals surface area contributed by atoms with Crippen LogP contribution in [0.25, 0.3) is 0 Å². The summed E-state index contributed by atoms with van der Waals surface area (Å²) < 4.78 is 1.93. The summed E-state index contributed by atoms with van der Waals surface area (Å²) in [5.41, 5.74) is 2.42. The number of carbonyl (C=O) groups is 2. The Hall–Kier alpha value is -2.67. The molecule has 30 heavy (non-hydrogen) atoms. The summed E-state index contributed by atoms with van der Waals surface area (Å²) in [6, 6.07) is 10.4. The summed E-state index contributed by atoms with van der Waals surface area (Å²) in [5, 5.41) is 13.6. The van der Waals surface area contributed by atoms with Crippen LogP contribution in [0.3, 0.4) is 0 Å². The number of amides is 1. The van der Waals surface area contributed by atoms with Gasteiger partial charge < -0.3 is 10.0 Å². The molecule has 2 aliphatic rings. The van der Waals surface area contributed by atoms with E-state index in [9.17, 15) is 14.7 Å². The van der Waals surface area contributed by atoms with Crippen molar-refractivity contribution in [3.05, 3.63) is 53.9 Å². The topological polar surface area (TPSA) is 78.7 Å². The van der Waals surface area contributed by atoms with Gasteiger partial charge >= 0.3 is 5.97 Å². The van der Waals surface area contributed by atoms with Crippen molar-refractivity contribution in [1.29, 1.82) is 0 Å². The summed E-state index contributed by atoms with van der Waals surface area (Å²) in [6.07, 6.45) is 5.06. The molecule has 0 saturated carbocycles. The van der Waals surface area contributed by atoms with Crippen molar-refractivity contribution >= 4 is 11.9 Å². The number of benzene rings is 1. The Kier molecular flexibility index (Phi) is 5.90. The van der Waals surface area contributed by atoms with E-state index in [1.807, 2.05) is 28.8 Å². The molecular weight excluding hydrogens is 380 g/mol. The monoisotopic (exact) mass is 410 g/mol. The van der Waals surface area contributed by atoms with Gasteiger partial charge in [0.05, 0.1) is 6.54 Å². The Balaban J connectivity index is 1.49. The standard InChI is InChI=1S/C23H30N4O3/c1-2-21(28)26-15-20-14-25(16-23(20,17-26)9-8-22(29)30)12-18-6-3-4-7-19(18)13-27-11-5-10-24-27/h3-7,10-11,20H,2,8-9,12-17H2,1H3,(H,29,30)/t20-,23+/m0/s1. The molecule has 2 fully saturated rings. The molecule has 1 N–H and O–H groups in total. The van der Waals surface area contributed by atoms with Crippen LogP contribution in [-0.4, -0.2) is 62.7 Å². The minimum absolute atomic E-state index is 0.111. The van der Waals surface area contributed by atoms with Crippen LogP contribution >= 0.6 is 0 Å². The second-order valence-electron chi connectivity index (χ2n) is 8.72. The first kappa shape index (κ1) is 20.6. The first-order chi connectivity index (χ1) is 14.5. The lowest BCUT2D eigenvalue weighted by Crippen LogP contribution is -2.37. The van der Waals surface area contributed by atoms with Gasteiger partial charge in [-0.15, -0.1) is 0 Å². The third-order valence-corrected chi connectivity index (χ3v) is 6.73. The van der Waals surface area contributed by atoms with Crippen molar-refractivity contribution in [3.8, 4) is 0 Å². The lowest BCUT2D eigenvalue weighted by molar-refractivity contribution is -0.137. The van der Waals surface area contributed by atoms with E-state index in [0.29, 0.717) is 25.3 Å². The van der Waals surface area contributed by atoms with Crippen molar-refractivity contribution in [3.63, 3.8) is 0 Å². The van der Waals surface area contributed by atoms with Gasteiger partial charge in [0.1, 0.15) is 0 Å². The maximum Gasteiger partial charge on any atom is 0.303 e. The molecule has 4 rings (SSSR count). The van der Waals surface area contributed by atoms with Crippen LogP contribution in [0.4, 0.5) is 0 Å². The van der Waals surface area contributed by atoms with E-state index in [1.165, 1.54) is 11.1 Å². The molecule has 2 aliphatic heterocycles. The summed E-state index contributed by atoms with van der Waals surface area (Å²) in [5.74, 6) is -0.243. The second kappa shape index (κ2) is 8.60. The van der Waals surface area contributed by atoms with E-state index < -0.39 is 5.97 Å². The van der Waals surface area contributed by atoms with Crippen molar-refractivity contribution in [2.24, 2.45) is 11.3 Å². The van der Waals surface area contributed by atoms with Crippen molar-refractivity contribution in [2.45, 2.75) is 39.3 Å². The van der Waals surface area contributed by atoms with Crippen LogP contribution in [-0.2, 0) is 22.7 Å². The number of hydrogen-bond acceptors (Lipinski definition) is 4. The number of likely N-dealkylation sites (tertiary alicyclic amines) is 2. The molecule has 2 saturated heterocycles. The number of rotatable bonds is 8. The predicted molar refractivity (Wildman–Crippen MR) is 113 cm³/mol. The molecule has 3 heterocycles. The highest BCUT2D eigenvalue weighted by molar-refractivity contribution is 5.76. The van der Waals surface area contributed by atoms with E-state index in [4.69, 9.17) is 0 Å². The Labute approximate surface area is 177 Å². The molecule has 0 radical (unpaired) electrons. The summed E-state index contributed by atoms with van der Waals surface area (Å²) in [4.78, 5) is 28.0. The van der Waals surface area contributed by atoms with Gasteiger partial charge in [-0.3, -0.25) is 19.2 Å². The molecule has 7 nitrogen and oxygen atoms in total. The molecule has 0 unspecified atom stereocenters. The molecule has 2 aromatic rings. The minimum atomic E-state index is -0.758. The largest absolute Gasteiger partial charge is 0.481 e. The van der Waals surface area contributed by atoms with Crippen LogP contribution in [0.1, 0.15) is 37.3 Å². The first-order valence-corrected chi connectivity index (χ1v) is 10.8. The zero-order valence-electron chi connectivity index (χ0n) is 17.5. The molecule has 0 spiro atoms. The third kappa shape index (κ3) is 4.26. The average Bonchev–Trinajstić information content (AvgIpc) is 3.42. The zero-order valence-corrected chi connectivity index (χ0v) is 17.5. The van der Waals surface area contributed by atoms with Gasteiger partial charge in [-0.05, 0) is 29.5 Å². The Morgan fingerprint density at radius 3 is 2.57 bits per heavy atom. The van der Waals surface area contributed by atoms with Crippen molar-refractivity contribution in [1.82, 2.24) is 19.6 Å². The fourth-order valence-electron chi connectivity index (χ4n) is 5.21. The maximum atomic E-state index is 12.3. The third-order valence-electron chi connectivity index (χ3n) is 6.73. The number of carbonyl (C=O) groups excluding carboxylic acids is 1. The molecular formula is C23H30N4O3. The maximum absolute atomic E-state index is 12.3. The predicted octanol–water partition coefficient (Wildman–Crippen LogP) is 2.47. The zero-order chi connectivity index (χ0) is 21.1. The van der Waals surface area contributed by atoms with Crippen LogP contribution < -0.4 is 0 Å². The number of fused-ring (bicyclic) bond motifs is 1. The highest BCUT2D eigenvalue weighted by Gasteiger charge is 2.52. The number of hydrogen-bond donors (Lipinski definition) is 1. The summed E-state index contributed by atoms with van der Waals surface area (Å²) >= 11 is 0. The van der Waals surface area contributed by atoms with Crippen LogP contribution in [0.2, 0.25) is 0 Å². The van der Waals surface area contributed by atoms with E-state index in [0.717, 1.165) is 32.7 Å². The van der Waals surface area contributed by atoms with Gasteiger partial charge in [-0.1, -0.05) is 31.2 Å². The van der Waals surface area contributed by atoms with Gasteiger partial charge in [-0.2, -0.15) is 5.10 Å². The molecule has 1 aromatic carbocycles. The number of aliphatic carboxylic acids is 1. The fourth-order valence-corrected chi connectivity index (χ4v) is 5.21. The summed E-state index contributed by atoms with van der Waals surface area (Å²) in [7, 11) is 0. The van der Waals surface area contributed by atoms with Crippen molar-refractivity contribution < 1.29 is 14.7 Å². The molecule has 0 aliphatic carbocycles. The molecule has 1 aromatic heterocycles. The number of nitrogens with zero attached hydrogens (tertiary/aromatic N) is 4. The van der Waals surface area contributed by atoms with E-state index >= 15 is 0 Å². The molecule has 160 valence electrons. The van der Waals surface area contributed by atoms with Crippen LogP contribution in [0.5, 0.6) is 0 Å². The van der Waals surface area contributed by atoms with Gasteiger partial charge in [0.25, 0.3) is 0 Å². The summed E-state index contributed by atoms with van der Waals surface area (Å²) in [6.45, 7) is 6.65. The van der Waals surface area contributed by atoms with Gasteiger partial charge in [-0.25, -0.2) is 0 Å². The van der Waals surface area contributed by atoms with Gasteiger partial charge in [0, 0.05) is 63.4 Å². The average molecular weight is 411 g/mol. The van der Waals surface area contributed by atoms with E-state index in [2.05, 4.69) is 34.3 Å². The molecule has 2 atom stereocenters. The second-order valence-corrected chi connectivity index (χ2v) is 8.72. The molecule has 0 bridgehead atoms. The van der Waals surface area contributed by atoms with Crippen LogP contribution in [0, 0.1) is 11.3 Å². The number of carboxylic acid groups (broad SMARTS) is 1. The highest BCUT2D eigenvalue weighted by Crippen LogP contribution is 2.46. The van der Waals surface area contributed by atoms with Gasteiger partial charge in [0.2, 0.25) is 5.91 Å². The SMILES string of the molecule is CCC(=O)N1C[C@@H]2CN(Cc3ccccc3Cn3cccn3)C[C@]2(CCC(=O)O)C1. The lowest BCUT2D eigenvalue weighted by atomic mass is 9.77. The van der Waals surface area contributed by atoms with Crippen molar-refractivity contribution in [2.75, 3.05) is 26.2 Å². The quantitative estimate of drug-likeness (QED) is 0.723. The molecule has 7 heteroatoms. The smallest absolute Gasteiger partial charge is 0.303 e. The lowest BCUT2D eigenvalue weighted by Gasteiger charge is -2.29. The Morgan fingerprint density at radius 1 is 1.13 bits per heavy atom. The Morgan fingerprint density at radius 2 is 1.90 bits per heavy atom. The van der Waals surface area contributed by atoms with E-state index in [-0.39, 0.29) is 17.7 Å². The fraction of sp³-hybridized carbons (Fsp3) is 0.522.